The molecular weight excluding hydrogens is 554 g/mol. The van der Waals surface area contributed by atoms with E-state index in [1.807, 2.05) is 29.2 Å². The summed E-state index contributed by atoms with van der Waals surface area (Å²) >= 11 is 7.89. The minimum Gasteiger partial charge on any atom is -0.368 e. The van der Waals surface area contributed by atoms with Gasteiger partial charge < -0.3 is 25.8 Å². The number of carbonyl (C=O) groups excluding carboxylic acids is 2. The van der Waals surface area contributed by atoms with Crippen LogP contribution in [-0.4, -0.2) is 68.6 Å². The maximum atomic E-state index is 13.8. The van der Waals surface area contributed by atoms with Crippen LogP contribution in [0.2, 0.25) is 5.02 Å². The fraction of sp³-hybridized carbons (Fsp3) is 0.438. The molecule has 2 aliphatic rings. The van der Waals surface area contributed by atoms with Crippen LogP contribution < -0.4 is 20.9 Å². The number of piperazine rings is 1. The first-order valence-electron chi connectivity index (χ1n) is 14.7. The fourth-order valence-corrected chi connectivity index (χ4v) is 6.51. The van der Waals surface area contributed by atoms with E-state index in [9.17, 15) is 9.59 Å². The van der Waals surface area contributed by atoms with E-state index < -0.39 is 6.04 Å². The van der Waals surface area contributed by atoms with Gasteiger partial charge >= 0.3 is 0 Å². The second-order valence-corrected chi connectivity index (χ2v) is 12.3. The number of thiophene rings is 1. The van der Waals surface area contributed by atoms with Gasteiger partial charge in [0.15, 0.2) is 0 Å². The molecule has 5 rings (SSSR count). The van der Waals surface area contributed by atoms with Crippen LogP contribution in [0.15, 0.2) is 66.0 Å². The number of hydrogen-bond donors (Lipinski definition) is 3. The van der Waals surface area contributed by atoms with Crippen molar-refractivity contribution in [3.8, 4) is 0 Å². The van der Waals surface area contributed by atoms with Crippen LogP contribution >= 0.6 is 22.9 Å². The molecule has 0 radical (unpaired) electrons. The first-order valence-corrected chi connectivity index (χ1v) is 15.9. The average Bonchev–Trinajstić information content (AvgIpc) is 3.54. The Labute approximate surface area is 252 Å². The molecule has 0 saturated carbocycles. The summed E-state index contributed by atoms with van der Waals surface area (Å²) in [5, 5.41) is 12.8. The molecule has 2 fully saturated rings. The van der Waals surface area contributed by atoms with Crippen LogP contribution in [-0.2, 0) is 29.0 Å². The van der Waals surface area contributed by atoms with Gasteiger partial charge in [0.2, 0.25) is 11.8 Å². The highest BCUT2D eigenvalue weighted by atomic mass is 35.5. The molecule has 41 heavy (non-hydrogen) atoms. The number of carbonyl (C=O) groups is 2. The first kappa shape index (κ1) is 29.6. The topological polar surface area (TPSA) is 76.7 Å². The van der Waals surface area contributed by atoms with E-state index in [1.54, 1.807) is 11.3 Å². The monoisotopic (exact) mass is 593 g/mol. The van der Waals surface area contributed by atoms with E-state index in [0.29, 0.717) is 24.5 Å². The van der Waals surface area contributed by atoms with Crippen molar-refractivity contribution in [2.45, 2.75) is 38.3 Å². The third-order valence-corrected chi connectivity index (χ3v) is 9.23. The normalized spacial score (nSPS) is 16.9. The van der Waals surface area contributed by atoms with Gasteiger partial charge in [0.05, 0.1) is 0 Å². The summed E-state index contributed by atoms with van der Waals surface area (Å²) in [4.78, 5) is 32.7. The summed E-state index contributed by atoms with van der Waals surface area (Å²) in [6, 6.07) is 19.8. The lowest BCUT2D eigenvalue weighted by Crippen LogP contribution is -2.56. The van der Waals surface area contributed by atoms with Gasteiger partial charge in [-0.3, -0.25) is 9.59 Å². The Bertz CT molecular complexity index is 1260. The molecule has 2 amide bonds. The number of hydrogen-bond acceptors (Lipinski definition) is 6. The van der Waals surface area contributed by atoms with Crippen molar-refractivity contribution in [3.05, 3.63) is 87.1 Å². The number of halogens is 1. The lowest BCUT2D eigenvalue weighted by molar-refractivity contribution is -0.138. The Morgan fingerprint density at radius 1 is 0.976 bits per heavy atom. The van der Waals surface area contributed by atoms with E-state index in [4.69, 9.17) is 11.6 Å². The Kier molecular flexibility index (Phi) is 10.7. The molecule has 7 nitrogen and oxygen atoms in total. The van der Waals surface area contributed by atoms with Gasteiger partial charge in [-0.25, -0.2) is 0 Å². The van der Waals surface area contributed by atoms with Crippen LogP contribution in [0.1, 0.15) is 28.8 Å². The molecule has 2 saturated heterocycles. The van der Waals surface area contributed by atoms with Crippen molar-refractivity contribution in [1.29, 1.82) is 0 Å². The third-order valence-electron chi connectivity index (χ3n) is 8.04. The maximum absolute atomic E-state index is 13.8. The van der Waals surface area contributed by atoms with Gasteiger partial charge in [-0.1, -0.05) is 48.0 Å². The number of anilines is 1. The quantitative estimate of drug-likeness (QED) is 0.292. The van der Waals surface area contributed by atoms with E-state index in [-0.39, 0.29) is 17.7 Å². The number of para-hydroxylation sites is 1. The number of amides is 2. The van der Waals surface area contributed by atoms with Gasteiger partial charge in [-0.15, -0.1) is 11.3 Å². The van der Waals surface area contributed by atoms with Crippen molar-refractivity contribution in [3.63, 3.8) is 0 Å². The highest BCUT2D eigenvalue weighted by Crippen LogP contribution is 2.23. The Balaban J connectivity index is 1.19. The van der Waals surface area contributed by atoms with E-state index >= 15 is 0 Å². The van der Waals surface area contributed by atoms with Crippen molar-refractivity contribution >= 4 is 40.4 Å². The molecule has 3 heterocycles. The number of benzene rings is 2. The Morgan fingerprint density at radius 3 is 2.46 bits per heavy atom. The molecule has 0 aliphatic carbocycles. The zero-order valence-corrected chi connectivity index (χ0v) is 25.1. The number of nitrogens with zero attached hydrogens (tertiary/aromatic N) is 2. The minimum atomic E-state index is -0.593. The van der Waals surface area contributed by atoms with Crippen LogP contribution in [0.25, 0.3) is 0 Å². The maximum Gasteiger partial charge on any atom is 0.245 e. The average molecular weight is 594 g/mol. The van der Waals surface area contributed by atoms with Gasteiger partial charge in [0, 0.05) is 67.2 Å². The Hall–Kier alpha value is -2.91. The smallest absolute Gasteiger partial charge is 0.245 e. The molecule has 9 heteroatoms. The summed E-state index contributed by atoms with van der Waals surface area (Å²) in [6.07, 6.45) is 3.09. The SMILES string of the molecule is O=C(N[C@H](Cc1ccc(Cl)cc1)C(=O)N1CCN(c2ccccc2CNCCc2cccs2)CC1)C1CCNCC1. The van der Waals surface area contributed by atoms with Crippen LogP contribution in [0.5, 0.6) is 0 Å². The summed E-state index contributed by atoms with van der Waals surface area (Å²) in [6.45, 7) is 6.19. The summed E-state index contributed by atoms with van der Waals surface area (Å²) in [5.74, 6) is -0.0765. The second-order valence-electron chi connectivity index (χ2n) is 10.9. The lowest BCUT2D eigenvalue weighted by Gasteiger charge is -2.38. The molecule has 0 spiro atoms. The molecule has 0 unspecified atom stereocenters. The molecule has 3 N–H and O–H groups in total. The summed E-state index contributed by atoms with van der Waals surface area (Å²) in [5.41, 5.74) is 3.48. The van der Waals surface area contributed by atoms with Crippen molar-refractivity contribution < 1.29 is 9.59 Å². The molecule has 2 aliphatic heterocycles. The minimum absolute atomic E-state index is 0.00888. The highest BCUT2D eigenvalue weighted by Gasteiger charge is 2.31. The lowest BCUT2D eigenvalue weighted by atomic mass is 9.96. The van der Waals surface area contributed by atoms with Gasteiger partial charge in [0.25, 0.3) is 0 Å². The molecule has 3 aromatic rings. The van der Waals surface area contributed by atoms with Gasteiger partial charge in [0.1, 0.15) is 6.04 Å². The predicted molar refractivity (Wildman–Crippen MR) is 168 cm³/mol. The number of rotatable bonds is 11. The Morgan fingerprint density at radius 2 is 1.73 bits per heavy atom. The predicted octanol–water partition coefficient (Wildman–Crippen LogP) is 4.11. The van der Waals surface area contributed by atoms with Crippen LogP contribution in [0, 0.1) is 5.92 Å². The molecule has 218 valence electrons. The van der Waals surface area contributed by atoms with Crippen LogP contribution in [0.3, 0.4) is 0 Å². The standard InChI is InChI=1S/C32H40ClN5O2S/c33-27-9-7-24(8-10-27)22-29(36-31(39)25-11-14-34-15-12-25)32(40)38-19-17-37(18-20-38)30-6-2-1-4-26(30)23-35-16-13-28-5-3-21-41-28/h1-10,21,25,29,34-35H,11-20,22-23H2,(H,36,39)/t29-/m1/s1. The van der Waals surface area contributed by atoms with Crippen molar-refractivity contribution in [2.24, 2.45) is 5.92 Å². The third kappa shape index (κ3) is 8.32. The molecule has 2 aromatic carbocycles. The van der Waals surface area contributed by atoms with E-state index in [2.05, 4.69) is 62.6 Å². The molecule has 1 aromatic heterocycles. The van der Waals surface area contributed by atoms with Crippen molar-refractivity contribution in [1.82, 2.24) is 20.9 Å². The first-order chi connectivity index (χ1) is 20.1. The zero-order valence-electron chi connectivity index (χ0n) is 23.5. The van der Waals surface area contributed by atoms with Crippen molar-refractivity contribution in [2.75, 3.05) is 50.7 Å². The largest absolute Gasteiger partial charge is 0.368 e. The van der Waals surface area contributed by atoms with E-state index in [1.165, 1.54) is 16.1 Å². The molecular formula is C32H40ClN5O2S. The summed E-state index contributed by atoms with van der Waals surface area (Å²) < 4.78 is 0. The van der Waals surface area contributed by atoms with Gasteiger partial charge in [-0.05, 0) is 73.1 Å². The second kappa shape index (κ2) is 14.8. The van der Waals surface area contributed by atoms with Gasteiger partial charge in [-0.2, -0.15) is 0 Å². The molecule has 0 bridgehead atoms. The van der Waals surface area contributed by atoms with Crippen LogP contribution in [0.4, 0.5) is 5.69 Å². The number of nitrogens with one attached hydrogen (secondary N) is 3. The highest BCUT2D eigenvalue weighted by molar-refractivity contribution is 7.09. The summed E-state index contributed by atoms with van der Waals surface area (Å²) in [7, 11) is 0. The van der Waals surface area contributed by atoms with E-state index in [0.717, 1.165) is 64.1 Å². The number of piperidine rings is 1. The fourth-order valence-electron chi connectivity index (χ4n) is 5.68. The zero-order chi connectivity index (χ0) is 28.4. The molecule has 1 atom stereocenters.